The summed E-state index contributed by atoms with van der Waals surface area (Å²) < 4.78 is 15.5. The summed E-state index contributed by atoms with van der Waals surface area (Å²) >= 11 is 7.65. The van der Waals surface area contributed by atoms with Crippen molar-refractivity contribution < 1.29 is 23.8 Å². The molecule has 0 aromatic heterocycles. The van der Waals surface area contributed by atoms with E-state index >= 15 is 0 Å². The highest BCUT2D eigenvalue weighted by molar-refractivity contribution is 7.81. The molecule has 0 fully saturated rings. The lowest BCUT2D eigenvalue weighted by Gasteiger charge is -2.24. The van der Waals surface area contributed by atoms with Crippen LogP contribution in [0, 0.1) is 0 Å². The fourth-order valence-electron chi connectivity index (χ4n) is 1.22. The van der Waals surface area contributed by atoms with E-state index in [0.717, 1.165) is 0 Å². The van der Waals surface area contributed by atoms with Crippen LogP contribution in [0.25, 0.3) is 0 Å². The van der Waals surface area contributed by atoms with Gasteiger partial charge in [-0.3, -0.25) is 9.59 Å². The maximum Gasteiger partial charge on any atom is 0.320 e. The van der Waals surface area contributed by atoms with Crippen LogP contribution in [-0.4, -0.2) is 42.3 Å². The van der Waals surface area contributed by atoms with E-state index in [4.69, 9.17) is 14.2 Å². The molecule has 5 nitrogen and oxygen atoms in total. The second-order valence-electron chi connectivity index (χ2n) is 4.66. The number of hydrogen-bond acceptors (Lipinski definition) is 7. The highest BCUT2D eigenvalue weighted by atomic mass is 32.1. The zero-order valence-corrected chi connectivity index (χ0v) is 13.8. The third-order valence-electron chi connectivity index (χ3n) is 2.26. The molecule has 0 bridgehead atoms. The number of hydrogen-bond donors (Lipinski definition) is 2. The first-order valence-electron chi connectivity index (χ1n) is 6.19. The van der Waals surface area contributed by atoms with Gasteiger partial charge in [0.15, 0.2) is 0 Å². The Morgan fingerprint density at radius 2 is 1.75 bits per heavy atom. The molecule has 0 saturated carbocycles. The van der Waals surface area contributed by atoms with Crippen molar-refractivity contribution in [3.05, 3.63) is 11.8 Å². The van der Waals surface area contributed by atoms with Gasteiger partial charge in [-0.25, -0.2) is 0 Å². The number of esters is 2. The average Bonchev–Trinajstić information content (AvgIpc) is 2.37. The third kappa shape index (κ3) is 10.2. The van der Waals surface area contributed by atoms with Crippen LogP contribution >= 0.6 is 25.3 Å². The molecule has 0 aliphatic heterocycles. The van der Waals surface area contributed by atoms with Crippen LogP contribution in [0.5, 0.6) is 0 Å². The molecule has 0 unspecified atom stereocenters. The quantitative estimate of drug-likeness (QED) is 0.294. The maximum atomic E-state index is 11.1. The topological polar surface area (TPSA) is 61.8 Å². The molecule has 0 spiro atoms. The second-order valence-corrected chi connectivity index (χ2v) is 5.30. The Kier molecular flexibility index (Phi) is 9.79. The molecule has 0 aromatic carbocycles. The Morgan fingerprint density at radius 3 is 2.30 bits per heavy atom. The van der Waals surface area contributed by atoms with Crippen LogP contribution in [0.4, 0.5) is 0 Å². The van der Waals surface area contributed by atoms with Gasteiger partial charge in [0.25, 0.3) is 0 Å². The Balaban J connectivity index is 3.88. The van der Waals surface area contributed by atoms with Crippen LogP contribution in [0.1, 0.15) is 27.2 Å². The van der Waals surface area contributed by atoms with Gasteiger partial charge < -0.3 is 14.2 Å². The van der Waals surface area contributed by atoms with Crippen LogP contribution in [0.3, 0.4) is 0 Å². The van der Waals surface area contributed by atoms with Crippen LogP contribution < -0.4 is 0 Å². The number of thiol groups is 2. The van der Waals surface area contributed by atoms with E-state index < -0.39 is 11.6 Å². The van der Waals surface area contributed by atoms with Gasteiger partial charge in [0.2, 0.25) is 0 Å². The summed E-state index contributed by atoms with van der Waals surface area (Å²) in [5.41, 5.74) is -0.586. The predicted octanol–water partition coefficient (Wildman–Crippen LogP) is 2.02. The van der Waals surface area contributed by atoms with E-state index in [9.17, 15) is 9.59 Å². The lowest BCUT2D eigenvalue weighted by atomic mass is 10.1. The summed E-state index contributed by atoms with van der Waals surface area (Å²) in [6.45, 7) is 6.04. The van der Waals surface area contributed by atoms with E-state index in [-0.39, 0.29) is 17.5 Å². The molecule has 0 N–H and O–H groups in total. The monoisotopic (exact) mass is 322 g/mol. The summed E-state index contributed by atoms with van der Waals surface area (Å²) in [5.74, 6) is -0.182. The van der Waals surface area contributed by atoms with E-state index in [1.54, 1.807) is 13.0 Å². The minimum atomic E-state index is -0.586. The number of carbonyl (C=O) groups is 2. The lowest BCUT2D eigenvalue weighted by Crippen LogP contribution is -2.30. The van der Waals surface area contributed by atoms with Crippen molar-refractivity contribution in [1.82, 2.24) is 0 Å². The van der Waals surface area contributed by atoms with E-state index in [1.807, 2.05) is 13.8 Å². The summed E-state index contributed by atoms with van der Waals surface area (Å²) in [5, 5.41) is 0. The van der Waals surface area contributed by atoms with Crippen molar-refractivity contribution in [3.8, 4) is 0 Å². The number of carbonyl (C=O) groups excluding carboxylic acids is 2. The lowest BCUT2D eigenvalue weighted by molar-refractivity contribution is -0.154. The van der Waals surface area contributed by atoms with Crippen molar-refractivity contribution in [1.29, 1.82) is 0 Å². The van der Waals surface area contributed by atoms with E-state index in [2.05, 4.69) is 25.3 Å². The molecule has 7 heteroatoms. The second kappa shape index (κ2) is 10.1. The molecular weight excluding hydrogens is 300 g/mol. The maximum absolute atomic E-state index is 11.1. The summed E-state index contributed by atoms with van der Waals surface area (Å²) in [6, 6.07) is 0. The van der Waals surface area contributed by atoms with Gasteiger partial charge in [-0.15, -0.1) is 0 Å². The first kappa shape index (κ1) is 19.3. The third-order valence-corrected chi connectivity index (χ3v) is 2.78. The SMILES string of the molecule is C/C(=C\COCCC(C)(C)OC(=O)CS)OC(=O)CS. The minimum Gasteiger partial charge on any atom is -0.459 e. The van der Waals surface area contributed by atoms with Gasteiger partial charge in [-0.2, -0.15) is 25.3 Å². The molecule has 0 aromatic rings. The van der Waals surface area contributed by atoms with Crippen LogP contribution in [-0.2, 0) is 23.8 Å². The number of allylic oxidation sites excluding steroid dienone is 1. The smallest absolute Gasteiger partial charge is 0.320 e. The molecule has 0 rings (SSSR count). The van der Waals surface area contributed by atoms with Gasteiger partial charge >= 0.3 is 11.9 Å². The van der Waals surface area contributed by atoms with Gasteiger partial charge in [-0.1, -0.05) is 0 Å². The van der Waals surface area contributed by atoms with E-state index in [0.29, 0.717) is 25.4 Å². The molecule has 116 valence electrons. The summed E-state index contributed by atoms with van der Waals surface area (Å²) in [6.07, 6.45) is 2.23. The normalized spacial score (nSPS) is 12.2. The molecule has 0 saturated heterocycles. The molecule has 0 atom stereocenters. The van der Waals surface area contributed by atoms with Crippen molar-refractivity contribution in [3.63, 3.8) is 0 Å². The first-order chi connectivity index (χ1) is 9.30. The Labute approximate surface area is 130 Å². The minimum absolute atomic E-state index is 0.0384. The summed E-state index contributed by atoms with van der Waals surface area (Å²) in [4.78, 5) is 22.1. The fraction of sp³-hybridized carbons (Fsp3) is 0.692. The van der Waals surface area contributed by atoms with Crippen molar-refractivity contribution in [2.45, 2.75) is 32.8 Å². The number of ether oxygens (including phenoxy) is 3. The van der Waals surface area contributed by atoms with Crippen molar-refractivity contribution in [2.75, 3.05) is 24.7 Å². The molecular formula is C13H22O5S2. The Hall–Kier alpha value is -0.660. The van der Waals surface area contributed by atoms with Gasteiger partial charge in [-0.05, 0) is 26.8 Å². The Bertz CT molecular complexity index is 353. The van der Waals surface area contributed by atoms with Gasteiger partial charge in [0.05, 0.1) is 24.7 Å². The predicted molar refractivity (Wildman–Crippen MR) is 83.2 cm³/mol. The molecule has 0 aliphatic rings. The zero-order chi connectivity index (χ0) is 15.6. The van der Waals surface area contributed by atoms with Crippen LogP contribution in [0.2, 0.25) is 0 Å². The molecule has 20 heavy (non-hydrogen) atoms. The standard InChI is InChI=1S/C13H22O5S2/c1-10(17-11(14)8-19)4-6-16-7-5-13(2,3)18-12(15)9-20/h4,19-20H,5-9H2,1-3H3/b10-4+. The first-order valence-corrected chi connectivity index (χ1v) is 7.46. The fourth-order valence-corrected chi connectivity index (χ4v) is 1.35. The number of rotatable bonds is 9. The van der Waals surface area contributed by atoms with Gasteiger partial charge in [0, 0.05) is 6.42 Å². The van der Waals surface area contributed by atoms with Crippen molar-refractivity contribution in [2.24, 2.45) is 0 Å². The molecule has 0 aliphatic carbocycles. The zero-order valence-electron chi connectivity index (χ0n) is 12.0. The molecule has 0 heterocycles. The highest BCUT2D eigenvalue weighted by Gasteiger charge is 2.21. The largest absolute Gasteiger partial charge is 0.459 e. The molecule has 0 amide bonds. The van der Waals surface area contributed by atoms with Gasteiger partial charge in [0.1, 0.15) is 11.4 Å². The molecule has 0 radical (unpaired) electrons. The van der Waals surface area contributed by atoms with E-state index in [1.165, 1.54) is 0 Å². The highest BCUT2D eigenvalue weighted by Crippen LogP contribution is 2.15. The van der Waals surface area contributed by atoms with Crippen molar-refractivity contribution >= 4 is 37.2 Å². The average molecular weight is 322 g/mol. The Morgan fingerprint density at radius 1 is 1.15 bits per heavy atom. The summed E-state index contributed by atoms with van der Waals surface area (Å²) in [7, 11) is 0. The van der Waals surface area contributed by atoms with Crippen LogP contribution in [0.15, 0.2) is 11.8 Å².